The molecule has 2 heteroatoms. The number of allylic oxidation sites excluding steroid dienone is 2. The van der Waals surface area contributed by atoms with Crippen molar-refractivity contribution < 1.29 is 8.78 Å². The Morgan fingerprint density at radius 2 is 1.50 bits per heavy atom. The van der Waals surface area contributed by atoms with Crippen LogP contribution in [0.4, 0.5) is 8.78 Å². The lowest BCUT2D eigenvalue weighted by molar-refractivity contribution is 0.312. The molecule has 3 aromatic rings. The van der Waals surface area contributed by atoms with E-state index >= 15 is 0 Å². The first-order chi connectivity index (χ1) is 16.5. The van der Waals surface area contributed by atoms with E-state index in [0.717, 1.165) is 17.0 Å². The van der Waals surface area contributed by atoms with Gasteiger partial charge in [-0.1, -0.05) is 73.7 Å². The van der Waals surface area contributed by atoms with Crippen molar-refractivity contribution in [2.75, 3.05) is 0 Å². The summed E-state index contributed by atoms with van der Waals surface area (Å²) in [5, 5.41) is 0. The van der Waals surface area contributed by atoms with Crippen LogP contribution in [0.2, 0.25) is 0 Å². The highest BCUT2D eigenvalue weighted by atomic mass is 19.1. The Labute approximate surface area is 203 Å². The first-order valence-electron chi connectivity index (χ1n) is 12.8. The number of rotatable bonds is 8. The van der Waals surface area contributed by atoms with Gasteiger partial charge in [0.25, 0.3) is 0 Å². The van der Waals surface area contributed by atoms with Crippen LogP contribution in [0.1, 0.15) is 80.9 Å². The summed E-state index contributed by atoms with van der Waals surface area (Å²) in [5.41, 5.74) is 4.08. The second kappa shape index (κ2) is 11.6. The van der Waals surface area contributed by atoms with Gasteiger partial charge in [-0.2, -0.15) is 0 Å². The minimum atomic E-state index is -0.460. The number of hydrogen-bond acceptors (Lipinski definition) is 0. The lowest BCUT2D eigenvalue weighted by Gasteiger charge is -2.28. The van der Waals surface area contributed by atoms with Crippen molar-refractivity contribution >= 4 is 0 Å². The van der Waals surface area contributed by atoms with Gasteiger partial charge < -0.3 is 0 Å². The maximum absolute atomic E-state index is 14.9. The van der Waals surface area contributed by atoms with Crippen LogP contribution in [0.25, 0.3) is 11.1 Å². The topological polar surface area (TPSA) is 0 Å². The molecule has 178 valence electrons. The second-order valence-corrected chi connectivity index (χ2v) is 9.92. The number of benzene rings is 3. The van der Waals surface area contributed by atoms with Crippen molar-refractivity contribution in [2.24, 2.45) is 5.92 Å². The molecule has 0 spiro atoms. The molecule has 1 aliphatic rings. The van der Waals surface area contributed by atoms with Crippen molar-refractivity contribution in [3.8, 4) is 11.1 Å². The van der Waals surface area contributed by atoms with E-state index in [1.54, 1.807) is 0 Å². The Kier molecular flexibility index (Phi) is 8.32. The zero-order chi connectivity index (χ0) is 23.9. The average Bonchev–Trinajstić information content (AvgIpc) is 2.87. The van der Waals surface area contributed by atoms with Crippen LogP contribution in [0.5, 0.6) is 0 Å². The van der Waals surface area contributed by atoms with Crippen molar-refractivity contribution in [3.05, 3.63) is 107 Å². The molecule has 0 aromatic heterocycles. The van der Waals surface area contributed by atoms with Crippen molar-refractivity contribution in [1.29, 1.82) is 0 Å². The lowest BCUT2D eigenvalue weighted by Crippen LogP contribution is -2.13. The maximum atomic E-state index is 14.9. The summed E-state index contributed by atoms with van der Waals surface area (Å²) < 4.78 is 29.9. The Bertz CT molecular complexity index is 1050. The fourth-order valence-corrected chi connectivity index (χ4v) is 5.40. The van der Waals surface area contributed by atoms with Gasteiger partial charge in [0.05, 0.1) is 0 Å². The minimum Gasteiger partial charge on any atom is -0.207 e. The van der Waals surface area contributed by atoms with Crippen molar-refractivity contribution in [1.82, 2.24) is 0 Å². The highest BCUT2D eigenvalue weighted by molar-refractivity contribution is 5.64. The monoisotopic (exact) mass is 458 g/mol. The fourth-order valence-electron chi connectivity index (χ4n) is 5.40. The molecule has 0 saturated heterocycles. The van der Waals surface area contributed by atoms with Crippen LogP contribution in [0.15, 0.2) is 78.9 Å². The Hall–Kier alpha value is -2.74. The molecule has 1 aliphatic carbocycles. The van der Waals surface area contributed by atoms with Gasteiger partial charge >= 0.3 is 0 Å². The van der Waals surface area contributed by atoms with Gasteiger partial charge in [-0.3, -0.25) is 0 Å². The first kappa shape index (κ1) is 24.4. The Morgan fingerprint density at radius 1 is 0.853 bits per heavy atom. The summed E-state index contributed by atoms with van der Waals surface area (Å²) in [6.07, 6.45) is 12.3. The summed E-state index contributed by atoms with van der Waals surface area (Å²) in [7, 11) is 0. The molecule has 0 bridgehead atoms. The molecular weight excluding hydrogens is 422 g/mol. The molecular formula is C32H36F2. The van der Waals surface area contributed by atoms with E-state index in [9.17, 15) is 8.78 Å². The normalized spacial score (nSPS) is 19.4. The molecule has 1 fully saturated rings. The first-order valence-corrected chi connectivity index (χ1v) is 12.8. The second-order valence-electron chi connectivity index (χ2n) is 9.92. The predicted octanol–water partition coefficient (Wildman–Crippen LogP) is 9.61. The molecule has 34 heavy (non-hydrogen) atoms. The van der Waals surface area contributed by atoms with E-state index in [-0.39, 0.29) is 11.5 Å². The third-order valence-corrected chi connectivity index (χ3v) is 7.56. The highest BCUT2D eigenvalue weighted by Crippen LogP contribution is 2.38. The van der Waals surface area contributed by atoms with E-state index < -0.39 is 11.6 Å². The molecule has 3 aromatic carbocycles. The summed E-state index contributed by atoms with van der Waals surface area (Å²) in [6.45, 7) is 4.10. The fraction of sp³-hybridized carbons (Fsp3) is 0.375. The highest BCUT2D eigenvalue weighted by Gasteiger charge is 2.22. The van der Waals surface area contributed by atoms with Crippen LogP contribution < -0.4 is 0 Å². The van der Waals surface area contributed by atoms with Gasteiger partial charge in [0.2, 0.25) is 0 Å². The molecule has 0 aliphatic heterocycles. The van der Waals surface area contributed by atoms with E-state index in [1.165, 1.54) is 56.2 Å². The minimum absolute atomic E-state index is 0.0496. The predicted molar refractivity (Wildman–Crippen MR) is 139 cm³/mol. The van der Waals surface area contributed by atoms with E-state index in [1.807, 2.05) is 49.4 Å². The number of halogens is 2. The van der Waals surface area contributed by atoms with Crippen LogP contribution >= 0.6 is 0 Å². The van der Waals surface area contributed by atoms with Crippen molar-refractivity contribution in [2.45, 2.75) is 70.6 Å². The molecule has 0 unspecified atom stereocenters. The van der Waals surface area contributed by atoms with Gasteiger partial charge in [-0.05, 0) is 104 Å². The molecule has 0 heterocycles. The van der Waals surface area contributed by atoms with E-state index in [4.69, 9.17) is 0 Å². The molecule has 0 nitrogen and oxygen atoms in total. The van der Waals surface area contributed by atoms with Crippen LogP contribution in [0.3, 0.4) is 0 Å². The summed E-state index contributed by atoms with van der Waals surface area (Å²) in [5.74, 6) is 0.577. The Balaban J connectivity index is 1.41. The quantitative estimate of drug-likeness (QED) is 0.295. The number of hydrogen-bond donors (Lipinski definition) is 0. The SMILES string of the molecule is C/C=C/CCC1CCC(c2ccc(-c3cc(F)c(C[C@@H](C)c4ccccc4)c(F)c3)cc2)CC1. The zero-order valence-electron chi connectivity index (χ0n) is 20.4. The van der Waals surface area contributed by atoms with Gasteiger partial charge in [-0.15, -0.1) is 0 Å². The van der Waals surface area contributed by atoms with Gasteiger partial charge in [0, 0.05) is 5.56 Å². The molecule has 0 N–H and O–H groups in total. The standard InChI is InChI=1S/C32H36F2/c1-3-4-6-9-24-12-14-26(15-13-24)27-16-18-28(19-17-27)29-21-31(33)30(32(34)22-29)20-23(2)25-10-7-5-8-11-25/h3-5,7-8,10-11,16-19,21-24,26H,6,9,12-15,20H2,1-2H3/b4-3+/t23-,24?,26?/m1/s1. The van der Waals surface area contributed by atoms with Crippen LogP contribution in [-0.2, 0) is 6.42 Å². The average molecular weight is 459 g/mol. The third-order valence-electron chi connectivity index (χ3n) is 7.56. The Morgan fingerprint density at radius 3 is 2.12 bits per heavy atom. The smallest absolute Gasteiger partial charge is 0.129 e. The lowest BCUT2D eigenvalue weighted by atomic mass is 9.77. The molecule has 0 amide bonds. The van der Waals surface area contributed by atoms with E-state index in [0.29, 0.717) is 17.9 Å². The van der Waals surface area contributed by atoms with Gasteiger partial charge in [0.1, 0.15) is 11.6 Å². The van der Waals surface area contributed by atoms with Crippen LogP contribution in [-0.4, -0.2) is 0 Å². The summed E-state index contributed by atoms with van der Waals surface area (Å²) >= 11 is 0. The third kappa shape index (κ3) is 6.03. The molecule has 4 rings (SSSR count). The van der Waals surface area contributed by atoms with Crippen molar-refractivity contribution in [3.63, 3.8) is 0 Å². The van der Waals surface area contributed by atoms with E-state index in [2.05, 4.69) is 31.2 Å². The maximum Gasteiger partial charge on any atom is 0.129 e. The molecule has 1 saturated carbocycles. The molecule has 1 atom stereocenters. The summed E-state index contributed by atoms with van der Waals surface area (Å²) in [4.78, 5) is 0. The largest absolute Gasteiger partial charge is 0.207 e. The van der Waals surface area contributed by atoms with Gasteiger partial charge in [-0.25, -0.2) is 8.78 Å². The molecule has 0 radical (unpaired) electrons. The van der Waals surface area contributed by atoms with Crippen LogP contribution in [0, 0.1) is 17.6 Å². The van der Waals surface area contributed by atoms with Gasteiger partial charge in [0.15, 0.2) is 0 Å². The summed E-state index contributed by atoms with van der Waals surface area (Å²) in [6, 6.07) is 21.2. The zero-order valence-corrected chi connectivity index (χ0v) is 20.4.